The van der Waals surface area contributed by atoms with Crippen molar-refractivity contribution in [2.45, 2.75) is 6.61 Å². The number of rotatable bonds is 3. The molecule has 0 fully saturated rings. The summed E-state index contributed by atoms with van der Waals surface area (Å²) in [7, 11) is 0. The van der Waals surface area contributed by atoms with Crippen molar-refractivity contribution in [2.24, 2.45) is 0 Å². The first-order valence-corrected chi connectivity index (χ1v) is 4.80. The Kier molecular flexibility index (Phi) is 2.78. The molecule has 0 aliphatic heterocycles. The third kappa shape index (κ3) is 2.32. The van der Waals surface area contributed by atoms with Crippen LogP contribution in [0, 0.1) is 0 Å². The Hall–Kier alpha value is -1.36. The topological polar surface area (TPSA) is 48.2 Å². The Balaban J connectivity index is 1.95. The number of nitrogens with zero attached hydrogens (tertiary/aromatic N) is 2. The van der Waals surface area contributed by atoms with Gasteiger partial charge in [-0.2, -0.15) is 4.98 Å². The van der Waals surface area contributed by atoms with Gasteiger partial charge in [-0.3, -0.25) is 0 Å². The average Bonchev–Trinajstić information content (AvgIpc) is 2.63. The third-order valence-electron chi connectivity index (χ3n) is 1.55. The molecule has 4 nitrogen and oxygen atoms in total. The molecule has 2 rings (SSSR count). The zero-order valence-electron chi connectivity index (χ0n) is 7.18. The molecule has 0 spiro atoms. The van der Waals surface area contributed by atoms with Gasteiger partial charge in [0.05, 0.1) is 0 Å². The van der Waals surface area contributed by atoms with Crippen LogP contribution in [0.5, 0.6) is 5.75 Å². The largest absolute Gasteiger partial charge is 0.484 e. The van der Waals surface area contributed by atoms with Crippen LogP contribution in [0.25, 0.3) is 0 Å². The summed E-state index contributed by atoms with van der Waals surface area (Å²) >= 11 is 3.09. The number of ether oxygens (including phenoxy) is 1. The zero-order valence-corrected chi connectivity index (χ0v) is 8.77. The molecule has 0 unspecified atom stereocenters. The normalized spacial score (nSPS) is 10.1. The molecule has 0 saturated heterocycles. The van der Waals surface area contributed by atoms with Crippen molar-refractivity contribution in [1.29, 1.82) is 0 Å². The van der Waals surface area contributed by atoms with Gasteiger partial charge in [0, 0.05) is 0 Å². The molecular formula is C9H7BrN2O2. The van der Waals surface area contributed by atoms with Crippen LogP contribution in [0.3, 0.4) is 0 Å². The number of hydrogen-bond acceptors (Lipinski definition) is 4. The first kappa shape index (κ1) is 9.21. The molecule has 14 heavy (non-hydrogen) atoms. The molecule has 0 bridgehead atoms. The quantitative estimate of drug-likeness (QED) is 0.844. The van der Waals surface area contributed by atoms with Crippen LogP contribution in [-0.2, 0) is 6.61 Å². The standard InChI is InChI=1S/C9H7BrN2O2/c10-9-11-8(14-12-9)6-13-7-4-2-1-3-5-7/h1-5H,6H2. The van der Waals surface area contributed by atoms with E-state index in [1.54, 1.807) is 0 Å². The van der Waals surface area contributed by atoms with Gasteiger partial charge in [0.1, 0.15) is 5.75 Å². The predicted octanol–water partition coefficient (Wildman–Crippen LogP) is 2.41. The molecule has 0 aliphatic rings. The molecule has 0 saturated carbocycles. The van der Waals surface area contributed by atoms with Crippen molar-refractivity contribution in [3.63, 3.8) is 0 Å². The number of aromatic nitrogens is 2. The summed E-state index contributed by atoms with van der Waals surface area (Å²) in [5.41, 5.74) is 0. The molecule has 2 aromatic rings. The molecule has 0 atom stereocenters. The fourth-order valence-electron chi connectivity index (χ4n) is 0.954. The number of hydrogen-bond donors (Lipinski definition) is 0. The highest BCUT2D eigenvalue weighted by atomic mass is 79.9. The van der Waals surface area contributed by atoms with Crippen LogP contribution in [0.15, 0.2) is 39.6 Å². The Labute approximate surface area is 89.0 Å². The molecule has 5 heteroatoms. The van der Waals surface area contributed by atoms with Crippen LogP contribution in [0.1, 0.15) is 5.89 Å². The Morgan fingerprint density at radius 3 is 2.71 bits per heavy atom. The van der Waals surface area contributed by atoms with Crippen molar-refractivity contribution >= 4 is 15.9 Å². The van der Waals surface area contributed by atoms with Gasteiger partial charge < -0.3 is 9.26 Å². The monoisotopic (exact) mass is 254 g/mol. The smallest absolute Gasteiger partial charge is 0.265 e. The van der Waals surface area contributed by atoms with E-state index in [2.05, 4.69) is 26.1 Å². The lowest BCUT2D eigenvalue weighted by Gasteiger charge is -2.00. The lowest BCUT2D eigenvalue weighted by atomic mass is 10.3. The predicted molar refractivity (Wildman–Crippen MR) is 52.8 cm³/mol. The second-order valence-corrected chi connectivity index (χ2v) is 3.27. The van der Waals surface area contributed by atoms with Gasteiger partial charge in [-0.25, -0.2) is 0 Å². The van der Waals surface area contributed by atoms with Crippen molar-refractivity contribution < 1.29 is 9.26 Å². The van der Waals surface area contributed by atoms with E-state index in [9.17, 15) is 0 Å². The molecule has 1 aromatic carbocycles. The molecule has 0 radical (unpaired) electrons. The maximum atomic E-state index is 5.39. The first-order chi connectivity index (χ1) is 6.84. The SMILES string of the molecule is Brc1noc(COc2ccccc2)n1. The summed E-state index contributed by atoms with van der Waals surface area (Å²) in [6, 6.07) is 9.46. The Morgan fingerprint density at radius 2 is 2.07 bits per heavy atom. The summed E-state index contributed by atoms with van der Waals surface area (Å²) in [6.07, 6.45) is 0. The van der Waals surface area contributed by atoms with Crippen LogP contribution in [-0.4, -0.2) is 10.1 Å². The minimum Gasteiger partial charge on any atom is -0.484 e. The van der Waals surface area contributed by atoms with Crippen LogP contribution < -0.4 is 4.74 Å². The summed E-state index contributed by atoms with van der Waals surface area (Å²) in [4.78, 5) is 3.94. The first-order valence-electron chi connectivity index (χ1n) is 4.00. The van der Waals surface area contributed by atoms with Gasteiger partial charge in [-0.05, 0) is 33.2 Å². The van der Waals surface area contributed by atoms with Gasteiger partial charge in [0.25, 0.3) is 5.89 Å². The molecule has 72 valence electrons. The minimum absolute atomic E-state index is 0.280. The highest BCUT2D eigenvalue weighted by molar-refractivity contribution is 9.10. The number of para-hydroxylation sites is 1. The van der Waals surface area contributed by atoms with Gasteiger partial charge in [0.15, 0.2) is 6.61 Å². The van der Waals surface area contributed by atoms with Gasteiger partial charge in [-0.15, -0.1) is 0 Å². The number of benzene rings is 1. The van der Waals surface area contributed by atoms with Gasteiger partial charge in [0.2, 0.25) is 4.73 Å². The zero-order chi connectivity index (χ0) is 9.80. The van der Waals surface area contributed by atoms with Crippen molar-refractivity contribution in [1.82, 2.24) is 10.1 Å². The lowest BCUT2D eigenvalue weighted by molar-refractivity contribution is 0.242. The highest BCUT2D eigenvalue weighted by Crippen LogP contribution is 2.11. The summed E-state index contributed by atoms with van der Waals surface area (Å²) in [5, 5.41) is 3.58. The minimum atomic E-state index is 0.280. The second-order valence-electron chi connectivity index (χ2n) is 2.56. The van der Waals surface area contributed by atoms with E-state index in [4.69, 9.17) is 9.26 Å². The second kappa shape index (κ2) is 4.23. The maximum absolute atomic E-state index is 5.39. The highest BCUT2D eigenvalue weighted by Gasteiger charge is 2.03. The molecular weight excluding hydrogens is 248 g/mol. The van der Waals surface area contributed by atoms with E-state index >= 15 is 0 Å². The van der Waals surface area contributed by atoms with Crippen molar-refractivity contribution in [3.05, 3.63) is 41.0 Å². The van der Waals surface area contributed by atoms with Gasteiger partial charge >= 0.3 is 0 Å². The van der Waals surface area contributed by atoms with Crippen LogP contribution in [0.4, 0.5) is 0 Å². The molecule has 0 amide bonds. The van der Waals surface area contributed by atoms with Crippen molar-refractivity contribution in [3.8, 4) is 5.75 Å². The van der Waals surface area contributed by atoms with Gasteiger partial charge in [-0.1, -0.05) is 18.2 Å². The van der Waals surface area contributed by atoms with Crippen LogP contribution >= 0.6 is 15.9 Å². The van der Waals surface area contributed by atoms with E-state index in [0.29, 0.717) is 10.6 Å². The van der Waals surface area contributed by atoms with E-state index < -0.39 is 0 Å². The molecule has 1 aromatic heterocycles. The molecule has 1 heterocycles. The maximum Gasteiger partial charge on any atom is 0.265 e. The van der Waals surface area contributed by atoms with E-state index in [0.717, 1.165) is 5.75 Å². The average molecular weight is 255 g/mol. The fourth-order valence-corrected chi connectivity index (χ4v) is 1.22. The Bertz CT molecular complexity index is 402. The summed E-state index contributed by atoms with van der Waals surface area (Å²) in [6.45, 7) is 0.280. The van der Waals surface area contributed by atoms with Crippen LogP contribution in [0.2, 0.25) is 0 Å². The van der Waals surface area contributed by atoms with E-state index in [1.165, 1.54) is 0 Å². The molecule has 0 aliphatic carbocycles. The summed E-state index contributed by atoms with van der Waals surface area (Å²) < 4.78 is 10.7. The third-order valence-corrected chi connectivity index (χ3v) is 1.87. The van der Waals surface area contributed by atoms with E-state index in [1.807, 2.05) is 30.3 Å². The number of halogens is 1. The molecule has 0 N–H and O–H groups in total. The van der Waals surface area contributed by atoms with E-state index in [-0.39, 0.29) is 6.61 Å². The summed E-state index contributed by atoms with van der Waals surface area (Å²) in [5.74, 6) is 1.22. The fraction of sp³-hybridized carbons (Fsp3) is 0.111. The van der Waals surface area contributed by atoms with Crippen molar-refractivity contribution in [2.75, 3.05) is 0 Å². The lowest BCUT2D eigenvalue weighted by Crippen LogP contribution is -1.94. The Morgan fingerprint density at radius 1 is 1.29 bits per heavy atom.